The summed E-state index contributed by atoms with van der Waals surface area (Å²) in [6.07, 6.45) is 10.9. The zero-order valence-corrected chi connectivity index (χ0v) is 14.2. The van der Waals surface area contributed by atoms with Gasteiger partial charge in [0.15, 0.2) is 0 Å². The van der Waals surface area contributed by atoms with Crippen LogP contribution in [-0.2, 0) is 0 Å². The SMILES string of the molecule is C#Cc1ccc(-c2ccc(-c3ccc(C#C)s3)c3snnc23)s1. The molecule has 0 unspecified atom stereocenters. The summed E-state index contributed by atoms with van der Waals surface area (Å²) < 4.78 is 5.22. The molecule has 0 bridgehead atoms. The number of hydrogen-bond acceptors (Lipinski definition) is 5. The molecule has 23 heavy (non-hydrogen) atoms. The molecule has 0 fully saturated rings. The minimum atomic E-state index is 0.911. The average Bonchev–Trinajstić information content (AvgIpc) is 3.32. The molecule has 3 heterocycles. The van der Waals surface area contributed by atoms with E-state index in [-0.39, 0.29) is 0 Å². The van der Waals surface area contributed by atoms with Crippen LogP contribution in [0.3, 0.4) is 0 Å². The maximum absolute atomic E-state index is 5.47. The lowest BCUT2D eigenvalue weighted by Gasteiger charge is -2.03. The molecular formula is C18H8N2S3. The predicted molar refractivity (Wildman–Crippen MR) is 99.9 cm³/mol. The average molecular weight is 348 g/mol. The Morgan fingerprint density at radius 1 is 0.783 bits per heavy atom. The van der Waals surface area contributed by atoms with E-state index in [1.54, 1.807) is 22.7 Å². The summed E-state index contributed by atoms with van der Waals surface area (Å²) in [7, 11) is 0. The molecule has 5 heteroatoms. The Balaban J connectivity index is 1.91. The largest absolute Gasteiger partial charge is 0.137 e. The molecule has 108 valence electrons. The molecule has 0 saturated heterocycles. The van der Waals surface area contributed by atoms with E-state index in [4.69, 9.17) is 12.8 Å². The molecule has 0 radical (unpaired) electrons. The fourth-order valence-corrected chi connectivity index (χ4v) is 4.85. The molecule has 0 aliphatic carbocycles. The van der Waals surface area contributed by atoms with Crippen molar-refractivity contribution in [3.05, 3.63) is 46.2 Å². The van der Waals surface area contributed by atoms with Crippen molar-refractivity contribution in [3.8, 4) is 45.6 Å². The quantitative estimate of drug-likeness (QED) is 0.470. The minimum Gasteiger partial charge on any atom is -0.137 e. The van der Waals surface area contributed by atoms with E-state index in [1.165, 1.54) is 11.5 Å². The van der Waals surface area contributed by atoms with Crippen LogP contribution in [0.2, 0.25) is 0 Å². The lowest BCUT2D eigenvalue weighted by atomic mass is 10.1. The number of terminal acetylenes is 2. The lowest BCUT2D eigenvalue weighted by molar-refractivity contribution is 1.20. The summed E-state index contributed by atoms with van der Waals surface area (Å²) in [6, 6.07) is 12.2. The Hall–Kier alpha value is -2.44. The Bertz CT molecular complexity index is 1010. The molecule has 1 aromatic carbocycles. The Labute approximate surface area is 145 Å². The molecule has 4 aromatic rings. The van der Waals surface area contributed by atoms with Crippen LogP contribution in [0.15, 0.2) is 36.4 Å². The molecule has 0 N–H and O–H groups in total. The number of rotatable bonds is 2. The van der Waals surface area contributed by atoms with E-state index in [9.17, 15) is 0 Å². The Kier molecular flexibility index (Phi) is 3.48. The van der Waals surface area contributed by atoms with Crippen molar-refractivity contribution in [1.29, 1.82) is 0 Å². The second-order valence-electron chi connectivity index (χ2n) is 4.73. The molecule has 0 amide bonds. The van der Waals surface area contributed by atoms with Crippen molar-refractivity contribution in [2.75, 3.05) is 0 Å². The summed E-state index contributed by atoms with van der Waals surface area (Å²) >= 11 is 4.60. The number of aromatic nitrogens is 2. The number of benzene rings is 1. The van der Waals surface area contributed by atoms with Gasteiger partial charge in [0.25, 0.3) is 0 Å². The number of fused-ring (bicyclic) bond motifs is 1. The molecule has 0 aliphatic rings. The van der Waals surface area contributed by atoms with Crippen LogP contribution in [0.25, 0.3) is 31.1 Å². The van der Waals surface area contributed by atoms with E-state index in [0.717, 1.165) is 40.9 Å². The van der Waals surface area contributed by atoms with E-state index in [0.29, 0.717) is 0 Å². The van der Waals surface area contributed by atoms with Crippen LogP contribution >= 0.6 is 34.2 Å². The van der Waals surface area contributed by atoms with Gasteiger partial charge < -0.3 is 0 Å². The second kappa shape index (κ2) is 5.64. The van der Waals surface area contributed by atoms with E-state index < -0.39 is 0 Å². The third-order valence-corrected chi connectivity index (χ3v) is 6.29. The molecule has 0 aliphatic heterocycles. The van der Waals surface area contributed by atoms with Gasteiger partial charge >= 0.3 is 0 Å². The van der Waals surface area contributed by atoms with Gasteiger partial charge in [0.2, 0.25) is 0 Å². The topological polar surface area (TPSA) is 25.8 Å². The van der Waals surface area contributed by atoms with Crippen molar-refractivity contribution in [2.24, 2.45) is 0 Å². The van der Waals surface area contributed by atoms with E-state index in [1.807, 2.05) is 18.2 Å². The monoisotopic (exact) mass is 348 g/mol. The van der Waals surface area contributed by atoms with Gasteiger partial charge in [0.05, 0.1) is 14.5 Å². The maximum Gasteiger partial charge on any atom is 0.115 e. The Morgan fingerprint density at radius 3 is 2.00 bits per heavy atom. The van der Waals surface area contributed by atoms with Crippen molar-refractivity contribution in [1.82, 2.24) is 9.59 Å². The van der Waals surface area contributed by atoms with E-state index in [2.05, 4.69) is 39.6 Å². The molecule has 3 aromatic heterocycles. The zero-order chi connectivity index (χ0) is 15.8. The first-order chi connectivity index (χ1) is 11.3. The first-order valence-electron chi connectivity index (χ1n) is 6.69. The highest BCUT2D eigenvalue weighted by atomic mass is 32.1. The van der Waals surface area contributed by atoms with E-state index >= 15 is 0 Å². The summed E-state index contributed by atoms with van der Waals surface area (Å²) in [4.78, 5) is 4.08. The lowest BCUT2D eigenvalue weighted by Crippen LogP contribution is -1.80. The molecule has 0 saturated carbocycles. The summed E-state index contributed by atoms with van der Waals surface area (Å²) in [5.74, 6) is 5.35. The van der Waals surface area contributed by atoms with Gasteiger partial charge in [-0.25, -0.2) is 0 Å². The Morgan fingerprint density at radius 2 is 1.39 bits per heavy atom. The fraction of sp³-hybridized carbons (Fsp3) is 0. The first-order valence-corrected chi connectivity index (χ1v) is 9.09. The number of nitrogens with zero attached hydrogens (tertiary/aromatic N) is 2. The van der Waals surface area contributed by atoms with Gasteiger partial charge in [-0.05, 0) is 35.8 Å². The van der Waals surface area contributed by atoms with Gasteiger partial charge in [-0.2, -0.15) is 0 Å². The highest BCUT2D eigenvalue weighted by Crippen LogP contribution is 2.40. The standard InChI is InChI=1S/C18H8N2S3/c1-3-11-5-9-15(21-11)13-7-8-14(18-17(13)19-20-23-18)16-10-6-12(4-2)22-16/h1-2,5-10H. The third kappa shape index (κ3) is 2.36. The van der Waals surface area contributed by atoms with Gasteiger partial charge in [0, 0.05) is 20.9 Å². The first kappa shape index (κ1) is 14.2. The van der Waals surface area contributed by atoms with Crippen LogP contribution in [0.5, 0.6) is 0 Å². The molecule has 0 spiro atoms. The van der Waals surface area contributed by atoms with Gasteiger partial charge in [-0.15, -0.1) is 40.6 Å². The highest BCUT2D eigenvalue weighted by molar-refractivity contribution is 7.18. The van der Waals surface area contributed by atoms with Crippen LogP contribution < -0.4 is 0 Å². The van der Waals surface area contributed by atoms with Crippen molar-refractivity contribution < 1.29 is 0 Å². The molecule has 2 nitrogen and oxygen atoms in total. The normalized spacial score (nSPS) is 10.5. The van der Waals surface area contributed by atoms with Gasteiger partial charge in [-0.1, -0.05) is 28.5 Å². The van der Waals surface area contributed by atoms with Gasteiger partial charge in [-0.3, -0.25) is 0 Å². The summed E-state index contributed by atoms with van der Waals surface area (Å²) in [5, 5.41) is 4.33. The van der Waals surface area contributed by atoms with Crippen LogP contribution in [0.1, 0.15) is 9.75 Å². The molecular weight excluding hydrogens is 340 g/mol. The number of thiophene rings is 2. The summed E-state index contributed by atoms with van der Waals surface area (Å²) in [5.41, 5.74) is 3.10. The van der Waals surface area contributed by atoms with Crippen LogP contribution in [0.4, 0.5) is 0 Å². The molecule has 4 rings (SSSR count). The van der Waals surface area contributed by atoms with Crippen molar-refractivity contribution in [3.63, 3.8) is 0 Å². The molecule has 0 atom stereocenters. The summed E-state index contributed by atoms with van der Waals surface area (Å²) in [6.45, 7) is 0. The minimum absolute atomic E-state index is 0.911. The zero-order valence-electron chi connectivity index (χ0n) is 11.7. The number of hydrogen-bond donors (Lipinski definition) is 0. The third-order valence-electron chi connectivity index (χ3n) is 3.43. The highest BCUT2D eigenvalue weighted by Gasteiger charge is 2.15. The fourth-order valence-electron chi connectivity index (χ4n) is 2.38. The maximum atomic E-state index is 5.47. The van der Waals surface area contributed by atoms with Crippen LogP contribution in [0, 0.1) is 24.7 Å². The van der Waals surface area contributed by atoms with Crippen LogP contribution in [-0.4, -0.2) is 9.59 Å². The van der Waals surface area contributed by atoms with Gasteiger partial charge in [0.1, 0.15) is 5.52 Å². The smallest absolute Gasteiger partial charge is 0.115 e. The second-order valence-corrected chi connectivity index (χ2v) is 7.65. The van der Waals surface area contributed by atoms with Crippen molar-refractivity contribution in [2.45, 2.75) is 0 Å². The van der Waals surface area contributed by atoms with Crippen molar-refractivity contribution >= 4 is 44.4 Å². The predicted octanol–water partition coefficient (Wildman–Crippen LogP) is 5.11.